The third-order valence-corrected chi connectivity index (χ3v) is 5.76. The second kappa shape index (κ2) is 6.83. The third kappa shape index (κ3) is 3.18. The van der Waals surface area contributed by atoms with Gasteiger partial charge in [0.25, 0.3) is 5.56 Å². The topological polar surface area (TPSA) is 76.9 Å². The van der Waals surface area contributed by atoms with Gasteiger partial charge in [0, 0.05) is 16.8 Å². The number of nitrogens with zero attached hydrogens (tertiary/aromatic N) is 3. The van der Waals surface area contributed by atoms with Crippen LogP contribution in [-0.4, -0.2) is 20.4 Å². The van der Waals surface area contributed by atoms with E-state index in [9.17, 15) is 9.59 Å². The van der Waals surface area contributed by atoms with Crippen LogP contribution < -0.4 is 10.9 Å². The highest BCUT2D eigenvalue weighted by Crippen LogP contribution is 2.32. The third-order valence-electron chi connectivity index (χ3n) is 4.70. The molecule has 1 amide bonds. The number of benzene rings is 1. The summed E-state index contributed by atoms with van der Waals surface area (Å²) in [6, 6.07) is 9.52. The fourth-order valence-corrected chi connectivity index (χ4v) is 4.52. The van der Waals surface area contributed by atoms with Crippen molar-refractivity contribution in [3.63, 3.8) is 0 Å². The Balaban J connectivity index is 1.74. The van der Waals surface area contributed by atoms with Gasteiger partial charge in [0.05, 0.1) is 5.52 Å². The van der Waals surface area contributed by atoms with E-state index in [1.807, 2.05) is 51.1 Å². The quantitative estimate of drug-likeness (QED) is 0.574. The van der Waals surface area contributed by atoms with Crippen LogP contribution in [-0.2, 0) is 11.3 Å². The van der Waals surface area contributed by atoms with Gasteiger partial charge in [-0.3, -0.25) is 14.2 Å². The highest BCUT2D eigenvalue weighted by atomic mass is 32.1. The van der Waals surface area contributed by atoms with Crippen molar-refractivity contribution in [2.45, 2.75) is 34.2 Å². The van der Waals surface area contributed by atoms with Gasteiger partial charge in [0.15, 0.2) is 0 Å². The first-order valence-corrected chi connectivity index (χ1v) is 9.79. The van der Waals surface area contributed by atoms with Crippen molar-refractivity contribution in [1.82, 2.24) is 14.5 Å². The summed E-state index contributed by atoms with van der Waals surface area (Å²) in [5.74, 6) is 0.248. The molecule has 1 N–H and O–H groups in total. The van der Waals surface area contributed by atoms with Crippen LogP contribution in [0.1, 0.15) is 22.6 Å². The van der Waals surface area contributed by atoms with Crippen molar-refractivity contribution in [3.8, 4) is 0 Å². The van der Waals surface area contributed by atoms with Crippen molar-refractivity contribution >= 4 is 43.4 Å². The Labute approximate surface area is 165 Å². The number of fused-ring (bicyclic) bond motifs is 3. The van der Waals surface area contributed by atoms with Crippen LogP contribution in [0.15, 0.2) is 35.1 Å². The molecule has 0 aliphatic heterocycles. The van der Waals surface area contributed by atoms with Gasteiger partial charge in [0.2, 0.25) is 5.91 Å². The Kier molecular flexibility index (Phi) is 4.47. The molecule has 3 heterocycles. The Morgan fingerprint density at radius 1 is 1.11 bits per heavy atom. The molecule has 142 valence electrons. The van der Waals surface area contributed by atoms with Crippen molar-refractivity contribution < 1.29 is 4.79 Å². The molecule has 0 aliphatic carbocycles. The molecule has 0 radical (unpaired) electrons. The van der Waals surface area contributed by atoms with Crippen LogP contribution in [0.3, 0.4) is 0 Å². The average molecular weight is 392 g/mol. The van der Waals surface area contributed by atoms with Gasteiger partial charge in [-0.1, -0.05) is 17.7 Å². The Morgan fingerprint density at radius 2 is 1.82 bits per heavy atom. The van der Waals surface area contributed by atoms with Crippen LogP contribution in [0.2, 0.25) is 0 Å². The number of carbonyl (C=O) groups is 1. The highest BCUT2D eigenvalue weighted by Gasteiger charge is 2.18. The summed E-state index contributed by atoms with van der Waals surface area (Å²) < 4.78 is 1.95. The van der Waals surface area contributed by atoms with Gasteiger partial charge in [-0.25, -0.2) is 9.97 Å². The Hall–Kier alpha value is -3.06. The number of nitrogens with one attached hydrogen (secondary N) is 1. The number of pyridine rings is 1. The molecular formula is C21H20N4O2S. The number of hydrogen-bond donors (Lipinski definition) is 1. The number of thiophene rings is 1. The minimum atomic E-state index is -0.263. The zero-order chi connectivity index (χ0) is 20.0. The molecule has 1 aromatic carbocycles. The summed E-state index contributed by atoms with van der Waals surface area (Å²) in [5.41, 5.74) is 4.24. The molecule has 4 rings (SSSR count). The normalized spacial score (nSPS) is 11.3. The molecule has 4 aromatic rings. The molecule has 0 spiro atoms. The van der Waals surface area contributed by atoms with Crippen LogP contribution in [0.25, 0.3) is 20.4 Å². The number of rotatable bonds is 3. The van der Waals surface area contributed by atoms with Gasteiger partial charge in [-0.15, -0.1) is 11.3 Å². The molecule has 0 saturated heterocycles. The van der Waals surface area contributed by atoms with E-state index in [0.29, 0.717) is 21.7 Å². The maximum Gasteiger partial charge on any atom is 0.272 e. The summed E-state index contributed by atoms with van der Waals surface area (Å²) in [4.78, 5) is 35.5. The van der Waals surface area contributed by atoms with E-state index in [1.54, 1.807) is 6.92 Å². The lowest BCUT2D eigenvalue weighted by molar-refractivity contribution is -0.116. The summed E-state index contributed by atoms with van der Waals surface area (Å²) in [5, 5.41) is 3.75. The molecule has 0 fully saturated rings. The second-order valence-electron chi connectivity index (χ2n) is 7.00. The number of hydrogen-bond acceptors (Lipinski definition) is 5. The molecule has 0 unspecified atom stereocenters. The molecule has 6 nitrogen and oxygen atoms in total. The van der Waals surface area contributed by atoms with E-state index >= 15 is 0 Å². The highest BCUT2D eigenvalue weighted by molar-refractivity contribution is 7.25. The van der Waals surface area contributed by atoms with E-state index < -0.39 is 0 Å². The number of aryl methyl sites for hydroxylation is 4. The van der Waals surface area contributed by atoms with E-state index in [-0.39, 0.29) is 18.0 Å². The molecule has 3 aromatic heterocycles. The number of carbonyl (C=O) groups excluding carboxylic acids is 1. The van der Waals surface area contributed by atoms with Gasteiger partial charge in [-0.2, -0.15) is 0 Å². The van der Waals surface area contributed by atoms with Crippen LogP contribution in [0, 0.1) is 27.7 Å². The minimum absolute atomic E-state index is 0.0822. The molecule has 28 heavy (non-hydrogen) atoms. The minimum Gasteiger partial charge on any atom is -0.325 e. The van der Waals surface area contributed by atoms with Gasteiger partial charge >= 0.3 is 0 Å². The van der Waals surface area contributed by atoms with Gasteiger partial charge in [-0.05, 0) is 51.5 Å². The lowest BCUT2D eigenvalue weighted by Gasteiger charge is -2.10. The Morgan fingerprint density at radius 3 is 2.54 bits per heavy atom. The molecule has 0 bridgehead atoms. The lowest BCUT2D eigenvalue weighted by atomic mass is 10.1. The van der Waals surface area contributed by atoms with Crippen LogP contribution >= 0.6 is 11.3 Å². The van der Waals surface area contributed by atoms with E-state index in [1.165, 1.54) is 15.9 Å². The predicted octanol–water partition coefficient (Wildman–Crippen LogP) is 3.88. The summed E-state index contributed by atoms with van der Waals surface area (Å²) in [7, 11) is 0. The van der Waals surface area contributed by atoms with Crippen molar-refractivity contribution in [1.29, 1.82) is 0 Å². The van der Waals surface area contributed by atoms with Crippen LogP contribution in [0.4, 0.5) is 5.69 Å². The largest absolute Gasteiger partial charge is 0.325 e. The SMILES string of the molecule is Cc1ccc(NC(=O)Cn2c(C)nc3c(sc4nc(C)cc(C)c43)c2=O)cc1. The average Bonchev–Trinajstić information content (AvgIpc) is 2.99. The second-order valence-corrected chi connectivity index (χ2v) is 8.00. The first kappa shape index (κ1) is 18.3. The molecule has 0 aliphatic rings. The van der Waals surface area contributed by atoms with E-state index in [4.69, 9.17) is 0 Å². The molecular weight excluding hydrogens is 372 g/mol. The molecule has 0 saturated carbocycles. The zero-order valence-corrected chi connectivity index (χ0v) is 17.0. The maximum atomic E-state index is 13.1. The van der Waals surface area contributed by atoms with Crippen molar-refractivity contribution in [2.75, 3.05) is 5.32 Å². The first-order chi connectivity index (χ1) is 13.3. The number of anilines is 1. The van der Waals surface area contributed by atoms with Crippen molar-refractivity contribution in [3.05, 3.63) is 63.3 Å². The fourth-order valence-electron chi connectivity index (χ4n) is 3.33. The summed E-state index contributed by atoms with van der Waals surface area (Å²) in [6.45, 7) is 7.59. The fraction of sp³-hybridized carbons (Fsp3) is 0.238. The summed E-state index contributed by atoms with van der Waals surface area (Å²) in [6.07, 6.45) is 0. The Bertz CT molecular complexity index is 1290. The number of aromatic nitrogens is 3. The number of amides is 1. The van der Waals surface area contributed by atoms with Crippen LogP contribution in [0.5, 0.6) is 0 Å². The molecule has 7 heteroatoms. The standard InChI is InChI=1S/C21H20N4O2S/c1-11-5-7-15(8-6-11)24-16(26)10-25-14(4)23-18-17-12(2)9-13(3)22-20(17)28-19(18)21(25)27/h5-9H,10H2,1-4H3,(H,24,26). The van der Waals surface area contributed by atoms with E-state index in [2.05, 4.69) is 15.3 Å². The van der Waals surface area contributed by atoms with Gasteiger partial charge in [0.1, 0.15) is 21.9 Å². The first-order valence-electron chi connectivity index (χ1n) is 8.98. The van der Waals surface area contributed by atoms with Crippen molar-refractivity contribution in [2.24, 2.45) is 0 Å². The molecule has 0 atom stereocenters. The maximum absolute atomic E-state index is 13.1. The predicted molar refractivity (Wildman–Crippen MR) is 113 cm³/mol. The lowest BCUT2D eigenvalue weighted by Crippen LogP contribution is -2.29. The summed E-state index contributed by atoms with van der Waals surface area (Å²) >= 11 is 1.33. The monoisotopic (exact) mass is 392 g/mol. The van der Waals surface area contributed by atoms with Gasteiger partial charge < -0.3 is 5.32 Å². The smallest absolute Gasteiger partial charge is 0.272 e. The zero-order valence-electron chi connectivity index (χ0n) is 16.2. The van der Waals surface area contributed by atoms with E-state index in [0.717, 1.165) is 27.0 Å².